The number of urea groups is 1. The molecule has 2 N–H and O–H groups in total. The Labute approximate surface area is 140 Å². The van der Waals surface area contributed by atoms with E-state index >= 15 is 0 Å². The summed E-state index contributed by atoms with van der Waals surface area (Å²) in [6.07, 6.45) is 1.62. The number of nitrogens with zero attached hydrogens (tertiary/aromatic N) is 1. The molecule has 0 spiro atoms. The molecule has 0 aliphatic heterocycles. The van der Waals surface area contributed by atoms with Crippen molar-refractivity contribution in [2.24, 2.45) is 5.10 Å². The normalized spacial score (nSPS) is 10.7. The average molecular weight is 319 g/mol. The number of hydrogen-bond acceptors (Lipinski definition) is 3. The number of carbonyl (C=O) groups excluding carboxylic acids is 1. The summed E-state index contributed by atoms with van der Waals surface area (Å²) in [6.45, 7) is 0. The Bertz CT molecular complexity index is 876. The van der Waals surface area contributed by atoms with Crippen molar-refractivity contribution in [3.63, 3.8) is 0 Å². The molecule has 0 saturated carbocycles. The second kappa shape index (κ2) is 7.28. The van der Waals surface area contributed by atoms with Crippen LogP contribution in [0.15, 0.2) is 71.8 Å². The molecule has 5 nitrogen and oxygen atoms in total. The van der Waals surface area contributed by atoms with Gasteiger partial charge in [-0.25, -0.2) is 10.2 Å². The van der Waals surface area contributed by atoms with Gasteiger partial charge in [0.2, 0.25) is 0 Å². The highest BCUT2D eigenvalue weighted by molar-refractivity contribution is 6.02. The van der Waals surface area contributed by atoms with Gasteiger partial charge in [-0.2, -0.15) is 5.10 Å². The lowest BCUT2D eigenvalue weighted by Crippen LogP contribution is -2.24. The van der Waals surface area contributed by atoms with E-state index in [0.29, 0.717) is 5.69 Å². The molecule has 0 saturated heterocycles. The van der Waals surface area contributed by atoms with E-state index in [1.54, 1.807) is 25.5 Å². The fraction of sp³-hybridized carbons (Fsp3) is 0.0526. The summed E-state index contributed by atoms with van der Waals surface area (Å²) in [5.41, 5.74) is 4.06. The predicted octanol–water partition coefficient (Wildman–Crippen LogP) is 4.00. The molecule has 3 rings (SSSR count). The van der Waals surface area contributed by atoms with Crippen LogP contribution < -0.4 is 15.5 Å². The smallest absolute Gasteiger partial charge is 0.339 e. The Morgan fingerprint density at radius 3 is 2.42 bits per heavy atom. The molecule has 0 radical (unpaired) electrons. The van der Waals surface area contributed by atoms with Crippen LogP contribution in [0.4, 0.5) is 10.5 Å². The SMILES string of the molecule is COc1ccc(/C=N\NC(=O)Nc2ccccc2)c2ccccc12. The molecular weight excluding hydrogens is 302 g/mol. The zero-order chi connectivity index (χ0) is 16.8. The number of fused-ring (bicyclic) bond motifs is 1. The molecule has 3 aromatic carbocycles. The molecule has 120 valence electrons. The number of carbonyl (C=O) groups is 1. The van der Waals surface area contributed by atoms with E-state index in [1.165, 1.54) is 0 Å². The first kappa shape index (κ1) is 15.6. The van der Waals surface area contributed by atoms with Gasteiger partial charge in [-0.1, -0.05) is 42.5 Å². The molecule has 5 heteroatoms. The van der Waals surface area contributed by atoms with E-state index in [0.717, 1.165) is 22.1 Å². The average Bonchev–Trinajstić information content (AvgIpc) is 2.62. The van der Waals surface area contributed by atoms with E-state index < -0.39 is 6.03 Å². The maximum atomic E-state index is 11.8. The number of ether oxygens (including phenoxy) is 1. The third-order valence-electron chi connectivity index (χ3n) is 3.54. The zero-order valence-corrected chi connectivity index (χ0v) is 13.2. The van der Waals surface area contributed by atoms with Crippen LogP contribution in [0.2, 0.25) is 0 Å². The number of benzene rings is 3. The number of anilines is 1. The lowest BCUT2D eigenvalue weighted by atomic mass is 10.0. The number of amides is 2. The van der Waals surface area contributed by atoms with Crippen LogP contribution in [0.1, 0.15) is 5.56 Å². The fourth-order valence-electron chi connectivity index (χ4n) is 2.43. The van der Waals surface area contributed by atoms with Crippen LogP contribution in [0.5, 0.6) is 5.75 Å². The van der Waals surface area contributed by atoms with Crippen LogP contribution >= 0.6 is 0 Å². The molecule has 0 aromatic heterocycles. The Hall–Kier alpha value is -3.34. The first-order valence-electron chi connectivity index (χ1n) is 7.49. The number of methoxy groups -OCH3 is 1. The van der Waals surface area contributed by atoms with Gasteiger partial charge in [0.25, 0.3) is 0 Å². The molecular formula is C19H17N3O2. The summed E-state index contributed by atoms with van der Waals surface area (Å²) in [7, 11) is 1.64. The van der Waals surface area contributed by atoms with E-state index in [1.807, 2.05) is 54.6 Å². The van der Waals surface area contributed by atoms with E-state index in [9.17, 15) is 4.79 Å². The lowest BCUT2D eigenvalue weighted by molar-refractivity contribution is 0.252. The minimum atomic E-state index is -0.393. The summed E-state index contributed by atoms with van der Waals surface area (Å²) in [5, 5.41) is 8.72. The number of hydrazone groups is 1. The van der Waals surface area contributed by atoms with Crippen LogP contribution in [0, 0.1) is 0 Å². The zero-order valence-electron chi connectivity index (χ0n) is 13.2. The second-order valence-corrected chi connectivity index (χ2v) is 5.09. The monoisotopic (exact) mass is 319 g/mol. The summed E-state index contributed by atoms with van der Waals surface area (Å²) < 4.78 is 5.37. The van der Waals surface area contributed by atoms with Gasteiger partial charge in [-0.15, -0.1) is 0 Å². The van der Waals surface area contributed by atoms with Gasteiger partial charge in [0.1, 0.15) is 5.75 Å². The molecule has 24 heavy (non-hydrogen) atoms. The van der Waals surface area contributed by atoms with Crippen molar-refractivity contribution in [3.05, 3.63) is 72.3 Å². The first-order chi connectivity index (χ1) is 11.8. The van der Waals surface area contributed by atoms with Gasteiger partial charge in [0.05, 0.1) is 13.3 Å². The Morgan fingerprint density at radius 2 is 1.67 bits per heavy atom. The Morgan fingerprint density at radius 1 is 0.958 bits per heavy atom. The van der Waals surface area contributed by atoms with Gasteiger partial charge in [-0.05, 0) is 29.7 Å². The maximum Gasteiger partial charge on any atom is 0.339 e. The number of hydrogen-bond donors (Lipinski definition) is 2. The molecule has 0 atom stereocenters. The van der Waals surface area contributed by atoms with Crippen molar-refractivity contribution in [1.82, 2.24) is 5.43 Å². The van der Waals surface area contributed by atoms with Gasteiger partial charge in [0.15, 0.2) is 0 Å². The van der Waals surface area contributed by atoms with Crippen molar-refractivity contribution in [3.8, 4) is 5.75 Å². The summed E-state index contributed by atoms with van der Waals surface area (Å²) in [5.74, 6) is 0.803. The standard InChI is InChI=1S/C19H17N3O2/c1-24-18-12-11-14(16-9-5-6-10-17(16)18)13-20-22-19(23)21-15-7-3-2-4-8-15/h2-13H,1H3,(H2,21,22,23)/b20-13-. The topological polar surface area (TPSA) is 62.7 Å². The van der Waals surface area contributed by atoms with Crippen LogP contribution in [-0.4, -0.2) is 19.4 Å². The Balaban J connectivity index is 1.73. The lowest BCUT2D eigenvalue weighted by Gasteiger charge is -2.07. The highest BCUT2D eigenvalue weighted by atomic mass is 16.5. The molecule has 0 bridgehead atoms. The van der Waals surface area contributed by atoms with Gasteiger partial charge in [0, 0.05) is 16.6 Å². The van der Waals surface area contributed by atoms with Crippen molar-refractivity contribution in [2.75, 3.05) is 12.4 Å². The third-order valence-corrected chi connectivity index (χ3v) is 3.54. The van der Waals surface area contributed by atoms with E-state index in [-0.39, 0.29) is 0 Å². The van der Waals surface area contributed by atoms with E-state index in [2.05, 4.69) is 15.8 Å². The minimum Gasteiger partial charge on any atom is -0.496 e. The molecule has 0 heterocycles. The Kier molecular flexibility index (Phi) is 4.72. The molecule has 2 amide bonds. The summed E-state index contributed by atoms with van der Waals surface area (Å²) in [6, 6.07) is 20.5. The van der Waals surface area contributed by atoms with Crippen LogP contribution in [0.3, 0.4) is 0 Å². The number of rotatable bonds is 4. The van der Waals surface area contributed by atoms with Crippen molar-refractivity contribution < 1.29 is 9.53 Å². The van der Waals surface area contributed by atoms with Gasteiger partial charge < -0.3 is 10.1 Å². The van der Waals surface area contributed by atoms with Crippen molar-refractivity contribution >= 4 is 28.7 Å². The molecule has 0 unspecified atom stereocenters. The number of nitrogens with one attached hydrogen (secondary N) is 2. The van der Waals surface area contributed by atoms with Crippen molar-refractivity contribution in [1.29, 1.82) is 0 Å². The molecule has 3 aromatic rings. The maximum absolute atomic E-state index is 11.8. The second-order valence-electron chi connectivity index (χ2n) is 5.09. The molecule has 0 aliphatic carbocycles. The number of para-hydroxylation sites is 1. The fourth-order valence-corrected chi connectivity index (χ4v) is 2.43. The molecule has 0 aliphatic rings. The highest BCUT2D eigenvalue weighted by Gasteiger charge is 2.04. The van der Waals surface area contributed by atoms with Gasteiger partial charge >= 0.3 is 6.03 Å². The van der Waals surface area contributed by atoms with Crippen LogP contribution in [0.25, 0.3) is 10.8 Å². The summed E-state index contributed by atoms with van der Waals surface area (Å²) in [4.78, 5) is 11.8. The predicted molar refractivity (Wildman–Crippen MR) is 96.7 cm³/mol. The quantitative estimate of drug-likeness (QED) is 0.564. The largest absolute Gasteiger partial charge is 0.496 e. The molecule has 0 fully saturated rings. The van der Waals surface area contributed by atoms with Gasteiger partial charge in [-0.3, -0.25) is 0 Å². The summed E-state index contributed by atoms with van der Waals surface area (Å²) >= 11 is 0. The highest BCUT2D eigenvalue weighted by Crippen LogP contribution is 2.27. The van der Waals surface area contributed by atoms with E-state index in [4.69, 9.17) is 4.74 Å². The third kappa shape index (κ3) is 3.52. The first-order valence-corrected chi connectivity index (χ1v) is 7.49. The van der Waals surface area contributed by atoms with Crippen molar-refractivity contribution in [2.45, 2.75) is 0 Å². The van der Waals surface area contributed by atoms with Crippen LogP contribution in [-0.2, 0) is 0 Å². The minimum absolute atomic E-state index is 0.393.